The van der Waals surface area contributed by atoms with Crippen LogP contribution in [-0.2, 0) is 6.54 Å². The number of hydrogen-bond acceptors (Lipinski definition) is 6. The van der Waals surface area contributed by atoms with Gasteiger partial charge in [0.25, 0.3) is 5.91 Å². The summed E-state index contributed by atoms with van der Waals surface area (Å²) in [7, 11) is 0. The average molecular weight is 456 g/mol. The van der Waals surface area contributed by atoms with Crippen LogP contribution >= 0.6 is 11.3 Å². The molecule has 0 saturated carbocycles. The number of carbonyl (C=O) groups excluding carboxylic acids is 1. The van der Waals surface area contributed by atoms with Crippen molar-refractivity contribution in [1.29, 1.82) is 0 Å². The van der Waals surface area contributed by atoms with Gasteiger partial charge >= 0.3 is 0 Å². The second-order valence-electron chi connectivity index (χ2n) is 7.35. The summed E-state index contributed by atoms with van der Waals surface area (Å²) in [6.45, 7) is 2.84. The maximum Gasteiger partial charge on any atom is 0.282 e. The number of rotatable bonds is 7. The fourth-order valence-electron chi connectivity index (χ4n) is 3.54. The molecular formula is C26H21N3O3S. The molecular weight excluding hydrogens is 434 g/mol. The maximum absolute atomic E-state index is 13.6. The van der Waals surface area contributed by atoms with Crippen LogP contribution in [-0.4, -0.2) is 22.7 Å². The molecule has 1 amide bonds. The number of aromatic nitrogens is 2. The summed E-state index contributed by atoms with van der Waals surface area (Å²) >= 11 is 1.45. The van der Waals surface area contributed by atoms with Crippen molar-refractivity contribution in [2.75, 3.05) is 11.5 Å². The Labute approximate surface area is 195 Å². The number of amides is 1. The van der Waals surface area contributed by atoms with E-state index in [0.717, 1.165) is 21.3 Å². The van der Waals surface area contributed by atoms with Gasteiger partial charge in [0.2, 0.25) is 0 Å². The molecule has 0 radical (unpaired) electrons. The van der Waals surface area contributed by atoms with E-state index in [4.69, 9.17) is 14.2 Å². The molecule has 0 aliphatic carbocycles. The van der Waals surface area contributed by atoms with Gasteiger partial charge in [-0.3, -0.25) is 9.69 Å². The van der Waals surface area contributed by atoms with E-state index in [1.165, 1.54) is 11.3 Å². The molecule has 0 aliphatic heterocycles. The van der Waals surface area contributed by atoms with E-state index >= 15 is 0 Å². The van der Waals surface area contributed by atoms with Crippen LogP contribution in [0.5, 0.6) is 5.75 Å². The highest BCUT2D eigenvalue weighted by Gasteiger charge is 2.25. The molecule has 33 heavy (non-hydrogen) atoms. The molecule has 0 saturated heterocycles. The second-order valence-corrected chi connectivity index (χ2v) is 8.36. The molecule has 0 spiro atoms. The lowest BCUT2D eigenvalue weighted by Gasteiger charge is -2.18. The standard InChI is InChI=1S/C26H21N3O3S/c1-2-31-21-14-9-15-23-24(21)27-26(33-23)29(17-18-10-5-3-6-11-18)25(30)20-16-22(32-28-20)19-12-7-4-8-13-19/h3-16H,2,17H2,1H3. The van der Waals surface area contributed by atoms with E-state index in [-0.39, 0.29) is 11.6 Å². The zero-order chi connectivity index (χ0) is 22.6. The summed E-state index contributed by atoms with van der Waals surface area (Å²) in [4.78, 5) is 20.0. The highest BCUT2D eigenvalue weighted by Crippen LogP contribution is 2.35. The van der Waals surface area contributed by atoms with Crippen LogP contribution in [0.25, 0.3) is 21.5 Å². The number of nitrogens with zero attached hydrogens (tertiary/aromatic N) is 3. The van der Waals surface area contributed by atoms with Gasteiger partial charge < -0.3 is 9.26 Å². The molecule has 2 aromatic heterocycles. The summed E-state index contributed by atoms with van der Waals surface area (Å²) in [5.74, 6) is 0.973. The van der Waals surface area contributed by atoms with Crippen molar-refractivity contribution in [3.63, 3.8) is 0 Å². The molecule has 0 unspecified atom stereocenters. The van der Waals surface area contributed by atoms with Gasteiger partial charge in [-0.05, 0) is 24.6 Å². The highest BCUT2D eigenvalue weighted by atomic mass is 32.1. The van der Waals surface area contributed by atoms with Crippen molar-refractivity contribution in [1.82, 2.24) is 10.1 Å². The zero-order valence-corrected chi connectivity index (χ0v) is 18.8. The molecule has 7 heteroatoms. The molecule has 0 atom stereocenters. The average Bonchev–Trinajstić information content (AvgIpc) is 3.52. The number of ether oxygens (including phenoxy) is 1. The first-order valence-corrected chi connectivity index (χ1v) is 11.4. The van der Waals surface area contributed by atoms with Crippen molar-refractivity contribution in [3.8, 4) is 17.1 Å². The van der Waals surface area contributed by atoms with E-state index in [9.17, 15) is 4.79 Å². The van der Waals surface area contributed by atoms with Gasteiger partial charge in [-0.25, -0.2) is 4.98 Å². The molecule has 0 fully saturated rings. The van der Waals surface area contributed by atoms with E-state index in [1.807, 2.05) is 85.8 Å². The number of fused-ring (bicyclic) bond motifs is 1. The van der Waals surface area contributed by atoms with Crippen molar-refractivity contribution in [2.45, 2.75) is 13.5 Å². The van der Waals surface area contributed by atoms with Crippen LogP contribution in [0.2, 0.25) is 0 Å². The smallest absolute Gasteiger partial charge is 0.282 e. The van der Waals surface area contributed by atoms with Crippen molar-refractivity contribution < 1.29 is 14.1 Å². The Balaban J connectivity index is 1.54. The first kappa shape index (κ1) is 20.9. The Morgan fingerprint density at radius 3 is 2.52 bits per heavy atom. The maximum atomic E-state index is 13.6. The number of benzene rings is 3. The lowest BCUT2D eigenvalue weighted by atomic mass is 10.1. The molecule has 5 rings (SSSR count). The van der Waals surface area contributed by atoms with Gasteiger partial charge in [-0.2, -0.15) is 0 Å². The molecule has 0 N–H and O–H groups in total. The third-order valence-electron chi connectivity index (χ3n) is 5.12. The van der Waals surface area contributed by atoms with Crippen LogP contribution in [0.15, 0.2) is 89.5 Å². The Hall–Kier alpha value is -3.97. The highest BCUT2D eigenvalue weighted by molar-refractivity contribution is 7.22. The van der Waals surface area contributed by atoms with Crippen LogP contribution in [0.4, 0.5) is 5.13 Å². The molecule has 0 aliphatic rings. The number of hydrogen-bond donors (Lipinski definition) is 0. The molecule has 5 aromatic rings. The van der Waals surface area contributed by atoms with E-state index < -0.39 is 0 Å². The summed E-state index contributed by atoms with van der Waals surface area (Å²) < 4.78 is 12.2. The third-order valence-corrected chi connectivity index (χ3v) is 6.16. The van der Waals surface area contributed by atoms with Crippen LogP contribution in [0.3, 0.4) is 0 Å². The van der Waals surface area contributed by atoms with E-state index in [1.54, 1.807) is 11.0 Å². The minimum Gasteiger partial charge on any atom is -0.492 e. The topological polar surface area (TPSA) is 68.5 Å². The molecule has 164 valence electrons. The second kappa shape index (κ2) is 9.26. The van der Waals surface area contributed by atoms with Gasteiger partial charge in [-0.1, -0.05) is 83.2 Å². The summed E-state index contributed by atoms with van der Waals surface area (Å²) in [6.07, 6.45) is 0. The summed E-state index contributed by atoms with van der Waals surface area (Å²) in [6, 6.07) is 26.9. The van der Waals surface area contributed by atoms with Crippen LogP contribution in [0.1, 0.15) is 23.0 Å². The third kappa shape index (κ3) is 4.36. The lowest BCUT2D eigenvalue weighted by Crippen LogP contribution is -2.30. The van der Waals surface area contributed by atoms with Crippen molar-refractivity contribution in [2.24, 2.45) is 0 Å². The number of para-hydroxylation sites is 1. The fraction of sp³-hybridized carbons (Fsp3) is 0.115. The Morgan fingerprint density at radius 1 is 1.00 bits per heavy atom. The van der Waals surface area contributed by atoms with Gasteiger partial charge in [0.05, 0.1) is 17.9 Å². The number of thiazole rings is 1. The molecule has 0 bridgehead atoms. The van der Waals surface area contributed by atoms with Gasteiger partial charge in [0, 0.05) is 11.6 Å². The first-order valence-electron chi connectivity index (χ1n) is 10.6. The van der Waals surface area contributed by atoms with Gasteiger partial charge in [0.15, 0.2) is 16.6 Å². The van der Waals surface area contributed by atoms with Gasteiger partial charge in [0.1, 0.15) is 11.3 Å². The summed E-state index contributed by atoms with van der Waals surface area (Å²) in [5, 5.41) is 4.65. The Bertz CT molecular complexity index is 1380. The fourth-order valence-corrected chi connectivity index (χ4v) is 4.52. The normalized spacial score (nSPS) is 10.9. The minimum atomic E-state index is -0.276. The quantitative estimate of drug-likeness (QED) is 0.292. The molecule has 2 heterocycles. The van der Waals surface area contributed by atoms with Crippen LogP contribution in [0, 0.1) is 0 Å². The Kier molecular flexibility index (Phi) is 5.87. The van der Waals surface area contributed by atoms with Crippen LogP contribution < -0.4 is 9.64 Å². The minimum absolute atomic E-state index is 0.231. The predicted molar refractivity (Wildman–Crippen MR) is 130 cm³/mol. The lowest BCUT2D eigenvalue weighted by molar-refractivity contribution is 0.0976. The first-order chi connectivity index (χ1) is 16.2. The number of carbonyl (C=O) groups is 1. The largest absolute Gasteiger partial charge is 0.492 e. The zero-order valence-electron chi connectivity index (χ0n) is 18.0. The predicted octanol–water partition coefficient (Wildman–Crippen LogP) is 6.20. The molecule has 3 aromatic carbocycles. The van der Waals surface area contributed by atoms with E-state index in [0.29, 0.717) is 29.8 Å². The monoisotopic (exact) mass is 455 g/mol. The van der Waals surface area contributed by atoms with Crippen molar-refractivity contribution in [3.05, 3.63) is 96.2 Å². The Morgan fingerprint density at radius 2 is 1.76 bits per heavy atom. The van der Waals surface area contributed by atoms with Crippen molar-refractivity contribution >= 4 is 32.6 Å². The summed E-state index contributed by atoms with van der Waals surface area (Å²) in [5.41, 5.74) is 2.83. The number of anilines is 1. The molecule has 6 nitrogen and oxygen atoms in total. The SMILES string of the molecule is CCOc1cccc2sc(N(Cc3ccccc3)C(=O)c3cc(-c4ccccc4)on3)nc12. The van der Waals surface area contributed by atoms with Gasteiger partial charge in [-0.15, -0.1) is 0 Å². The van der Waals surface area contributed by atoms with E-state index in [2.05, 4.69) is 5.16 Å².